The van der Waals surface area contributed by atoms with E-state index in [2.05, 4.69) is 10.6 Å². The van der Waals surface area contributed by atoms with Gasteiger partial charge in [0.25, 0.3) is 0 Å². The zero-order valence-electron chi connectivity index (χ0n) is 10.8. The maximum absolute atomic E-state index is 12.1. The van der Waals surface area contributed by atoms with Gasteiger partial charge in [-0.2, -0.15) is 0 Å². The fourth-order valence-electron chi connectivity index (χ4n) is 2.26. The van der Waals surface area contributed by atoms with Gasteiger partial charge in [-0.3, -0.25) is 4.79 Å². The first-order valence-electron chi connectivity index (χ1n) is 6.38. The second-order valence-corrected chi connectivity index (χ2v) is 4.93. The van der Waals surface area contributed by atoms with Crippen LogP contribution in [0.25, 0.3) is 0 Å². The number of benzene rings is 1. The zero-order valence-corrected chi connectivity index (χ0v) is 10.8. The Morgan fingerprint density at radius 1 is 1.37 bits per heavy atom. The molecule has 2 rings (SSSR count). The highest BCUT2D eigenvalue weighted by Crippen LogP contribution is 2.21. The number of carbonyl (C=O) groups is 2. The van der Waals surface area contributed by atoms with Crippen LogP contribution < -0.4 is 10.6 Å². The average Bonchev–Trinajstić information content (AvgIpc) is 2.93. The molecule has 2 atom stereocenters. The number of amides is 1. The van der Waals surface area contributed by atoms with Crippen molar-refractivity contribution in [2.45, 2.75) is 31.3 Å². The lowest BCUT2D eigenvalue weighted by Gasteiger charge is -2.28. The normalized spacial score (nSPS) is 21.6. The van der Waals surface area contributed by atoms with E-state index in [1.54, 1.807) is 24.3 Å². The predicted octanol–water partition coefficient (Wildman–Crippen LogP) is 0.855. The molecule has 1 unspecified atom stereocenters. The van der Waals surface area contributed by atoms with Crippen molar-refractivity contribution in [3.05, 3.63) is 35.9 Å². The first kappa shape index (κ1) is 13.5. The molecule has 1 amide bonds. The molecule has 102 valence electrons. The summed E-state index contributed by atoms with van der Waals surface area (Å²) >= 11 is 0. The minimum Gasteiger partial charge on any atom is -0.479 e. The minimum atomic E-state index is -1.40. The van der Waals surface area contributed by atoms with Crippen LogP contribution in [0.1, 0.15) is 25.3 Å². The summed E-state index contributed by atoms with van der Waals surface area (Å²) in [7, 11) is 0. The van der Waals surface area contributed by atoms with Crippen molar-refractivity contribution in [3.8, 4) is 0 Å². The predicted molar refractivity (Wildman–Crippen MR) is 70.6 cm³/mol. The van der Waals surface area contributed by atoms with Crippen molar-refractivity contribution >= 4 is 11.9 Å². The number of aliphatic carboxylic acids is 1. The van der Waals surface area contributed by atoms with Crippen LogP contribution in [-0.2, 0) is 15.1 Å². The molecule has 1 aliphatic heterocycles. The van der Waals surface area contributed by atoms with Crippen LogP contribution in [-0.4, -0.2) is 29.6 Å². The van der Waals surface area contributed by atoms with Gasteiger partial charge >= 0.3 is 5.97 Å². The Morgan fingerprint density at radius 2 is 2.05 bits per heavy atom. The van der Waals surface area contributed by atoms with E-state index in [4.69, 9.17) is 0 Å². The largest absolute Gasteiger partial charge is 0.479 e. The van der Waals surface area contributed by atoms with Gasteiger partial charge in [0.2, 0.25) is 5.91 Å². The minimum absolute atomic E-state index is 0.258. The third-order valence-corrected chi connectivity index (χ3v) is 3.53. The van der Waals surface area contributed by atoms with E-state index < -0.39 is 11.5 Å². The maximum atomic E-state index is 12.1. The van der Waals surface area contributed by atoms with Gasteiger partial charge in [0.15, 0.2) is 5.54 Å². The highest BCUT2D eigenvalue weighted by molar-refractivity contribution is 5.90. The molecular weight excluding hydrogens is 244 g/mol. The number of carboxylic acids is 1. The maximum Gasteiger partial charge on any atom is 0.333 e. The number of carboxylic acid groups (broad SMARTS) is 1. The van der Waals surface area contributed by atoms with Crippen molar-refractivity contribution in [3.63, 3.8) is 0 Å². The number of hydrogen-bond donors (Lipinski definition) is 3. The van der Waals surface area contributed by atoms with Crippen molar-refractivity contribution in [1.29, 1.82) is 0 Å². The summed E-state index contributed by atoms with van der Waals surface area (Å²) in [6.45, 7) is 2.31. The van der Waals surface area contributed by atoms with Gasteiger partial charge in [0, 0.05) is 0 Å². The topological polar surface area (TPSA) is 78.4 Å². The Kier molecular flexibility index (Phi) is 3.85. The van der Waals surface area contributed by atoms with Gasteiger partial charge in [0.05, 0.1) is 6.04 Å². The first-order chi connectivity index (χ1) is 9.04. The van der Waals surface area contributed by atoms with Crippen LogP contribution in [0.4, 0.5) is 0 Å². The highest BCUT2D eigenvalue weighted by atomic mass is 16.4. The summed E-state index contributed by atoms with van der Waals surface area (Å²) in [4.78, 5) is 23.6. The summed E-state index contributed by atoms with van der Waals surface area (Å²) in [6.07, 6.45) is 1.68. The fraction of sp³-hybridized carbons (Fsp3) is 0.429. The molecule has 1 fully saturated rings. The van der Waals surface area contributed by atoms with Gasteiger partial charge in [-0.1, -0.05) is 30.3 Å². The van der Waals surface area contributed by atoms with Gasteiger partial charge in [-0.05, 0) is 31.9 Å². The van der Waals surface area contributed by atoms with Crippen LogP contribution in [0.15, 0.2) is 30.3 Å². The molecule has 1 aromatic rings. The van der Waals surface area contributed by atoms with Crippen molar-refractivity contribution < 1.29 is 14.7 Å². The fourth-order valence-corrected chi connectivity index (χ4v) is 2.26. The third kappa shape index (κ3) is 2.76. The van der Waals surface area contributed by atoms with E-state index in [0.717, 1.165) is 19.4 Å². The standard InChI is InChI=1S/C14H18N2O3/c1-14(13(18)19,10-6-3-2-4-7-10)16-12(17)11-8-5-9-15-11/h2-4,6-7,11,15H,5,8-9H2,1H3,(H,16,17)(H,18,19)/t11-,14?/m0/s1. The number of carbonyl (C=O) groups excluding carboxylic acids is 1. The molecule has 0 spiro atoms. The Balaban J connectivity index is 2.20. The Hall–Kier alpha value is -1.88. The number of rotatable bonds is 4. The van der Waals surface area contributed by atoms with Crippen molar-refractivity contribution in [2.75, 3.05) is 6.54 Å². The van der Waals surface area contributed by atoms with Crippen LogP contribution in [0, 0.1) is 0 Å². The number of nitrogens with one attached hydrogen (secondary N) is 2. The van der Waals surface area contributed by atoms with Crippen molar-refractivity contribution in [1.82, 2.24) is 10.6 Å². The van der Waals surface area contributed by atoms with Gasteiger partial charge < -0.3 is 15.7 Å². The van der Waals surface area contributed by atoms with Crippen molar-refractivity contribution in [2.24, 2.45) is 0 Å². The molecule has 1 aliphatic rings. The van der Waals surface area contributed by atoms with Gasteiger partial charge in [0.1, 0.15) is 0 Å². The van der Waals surface area contributed by atoms with E-state index >= 15 is 0 Å². The molecule has 19 heavy (non-hydrogen) atoms. The summed E-state index contributed by atoms with van der Waals surface area (Å²) in [5.74, 6) is -1.32. The van der Waals surface area contributed by atoms with E-state index in [1.165, 1.54) is 6.92 Å². The average molecular weight is 262 g/mol. The monoisotopic (exact) mass is 262 g/mol. The Labute approximate surface area is 112 Å². The molecule has 1 heterocycles. The zero-order chi connectivity index (χ0) is 13.9. The van der Waals surface area contributed by atoms with E-state index in [9.17, 15) is 14.7 Å². The molecule has 1 saturated heterocycles. The summed E-state index contributed by atoms with van der Waals surface area (Å²) in [5.41, 5.74) is -0.836. The molecule has 5 heteroatoms. The third-order valence-electron chi connectivity index (χ3n) is 3.53. The van der Waals surface area contributed by atoms with Crippen LogP contribution in [0.5, 0.6) is 0 Å². The molecular formula is C14H18N2O3. The Morgan fingerprint density at radius 3 is 2.58 bits per heavy atom. The van der Waals surface area contributed by atoms with Gasteiger partial charge in [-0.25, -0.2) is 4.79 Å². The summed E-state index contributed by atoms with van der Waals surface area (Å²) in [6, 6.07) is 8.45. The van der Waals surface area contributed by atoms with E-state index in [0.29, 0.717) is 5.56 Å². The number of hydrogen-bond acceptors (Lipinski definition) is 3. The second kappa shape index (κ2) is 5.40. The van der Waals surface area contributed by atoms with E-state index in [1.807, 2.05) is 6.07 Å². The second-order valence-electron chi connectivity index (χ2n) is 4.93. The SMILES string of the molecule is CC(NC(=O)[C@@H]1CCCN1)(C(=O)O)c1ccccc1. The summed E-state index contributed by atoms with van der Waals surface area (Å²) < 4.78 is 0. The molecule has 0 aliphatic carbocycles. The Bertz CT molecular complexity index is 469. The van der Waals surface area contributed by atoms with Gasteiger partial charge in [-0.15, -0.1) is 0 Å². The first-order valence-corrected chi connectivity index (χ1v) is 6.38. The molecule has 0 bridgehead atoms. The smallest absolute Gasteiger partial charge is 0.333 e. The molecule has 0 aromatic heterocycles. The molecule has 5 nitrogen and oxygen atoms in total. The molecule has 3 N–H and O–H groups in total. The highest BCUT2D eigenvalue weighted by Gasteiger charge is 2.38. The van der Waals surface area contributed by atoms with Crippen LogP contribution in [0.3, 0.4) is 0 Å². The van der Waals surface area contributed by atoms with E-state index in [-0.39, 0.29) is 11.9 Å². The lowest BCUT2D eigenvalue weighted by molar-refractivity contribution is -0.147. The molecule has 0 saturated carbocycles. The quantitative estimate of drug-likeness (QED) is 0.752. The summed E-state index contributed by atoms with van der Waals surface area (Å²) in [5, 5.41) is 15.2. The molecule has 1 aromatic carbocycles. The van der Waals surface area contributed by atoms with Crippen LogP contribution >= 0.6 is 0 Å². The lowest BCUT2D eigenvalue weighted by Crippen LogP contribution is -2.54. The lowest BCUT2D eigenvalue weighted by atomic mass is 9.91. The molecule has 0 radical (unpaired) electrons. The van der Waals surface area contributed by atoms with Crippen LogP contribution in [0.2, 0.25) is 0 Å².